The molecule has 45 heavy (non-hydrogen) atoms. The van der Waals surface area contributed by atoms with Gasteiger partial charge in [0.25, 0.3) is 5.91 Å². The van der Waals surface area contributed by atoms with Gasteiger partial charge in [-0.1, -0.05) is 36.4 Å². The van der Waals surface area contributed by atoms with E-state index in [9.17, 15) is 14.4 Å². The predicted octanol–water partition coefficient (Wildman–Crippen LogP) is 3.83. The lowest BCUT2D eigenvalue weighted by Gasteiger charge is -2.39. The number of H-pyrrole nitrogens is 1. The van der Waals surface area contributed by atoms with E-state index < -0.39 is 6.04 Å². The lowest BCUT2D eigenvalue weighted by Crippen LogP contribution is -2.58. The standard InChI is InChI=1S/C35H38N4O6/c1-22-27(26-5-3-4-6-28(26)37-22)18-35(42)39-16-15-30-29(20-39)38-34(41)21-44-31-13-9-23(17-32(31)43-2)10-14-33(40)36-19-24-7-11-25(45-30)12-8-24/h3-9,11-13,17,29-30,37H,10,14-16,18-21H2,1-2H3,(H,36,40)(H,38,41)/t29-,30-/m1/s1. The zero-order chi connectivity index (χ0) is 31.3. The molecule has 0 spiro atoms. The lowest BCUT2D eigenvalue weighted by atomic mass is 10.00. The minimum absolute atomic E-state index is 0.00512. The number of aryl methyl sites for hydroxylation is 2. The fourth-order valence-electron chi connectivity index (χ4n) is 6.05. The number of fused-ring (bicyclic) bond motifs is 1. The Kier molecular flexibility index (Phi) is 8.91. The molecule has 1 saturated heterocycles. The maximum Gasteiger partial charge on any atom is 0.258 e. The summed E-state index contributed by atoms with van der Waals surface area (Å²) in [4.78, 5) is 44.5. The molecule has 0 saturated carbocycles. The second kappa shape index (κ2) is 13.3. The van der Waals surface area contributed by atoms with Gasteiger partial charge < -0.3 is 34.7 Å². The summed E-state index contributed by atoms with van der Waals surface area (Å²) >= 11 is 0. The third kappa shape index (κ3) is 7.06. The largest absolute Gasteiger partial charge is 0.493 e. The van der Waals surface area contributed by atoms with Crippen LogP contribution in [0.2, 0.25) is 0 Å². The van der Waals surface area contributed by atoms with Crippen molar-refractivity contribution in [2.24, 2.45) is 0 Å². The first kappa shape index (κ1) is 30.1. The molecule has 5 aliphatic heterocycles. The molecule has 3 aromatic carbocycles. The molecule has 0 radical (unpaired) electrons. The highest BCUT2D eigenvalue weighted by molar-refractivity contribution is 5.90. The van der Waals surface area contributed by atoms with Gasteiger partial charge in [0.2, 0.25) is 11.8 Å². The molecule has 10 nitrogen and oxygen atoms in total. The average molecular weight is 611 g/mol. The Labute approximate surface area is 262 Å². The normalized spacial score (nSPS) is 19.2. The van der Waals surface area contributed by atoms with Gasteiger partial charge in [-0.15, -0.1) is 0 Å². The Morgan fingerprint density at radius 3 is 2.62 bits per heavy atom. The number of hydrogen-bond acceptors (Lipinski definition) is 6. The van der Waals surface area contributed by atoms with E-state index in [4.69, 9.17) is 14.2 Å². The van der Waals surface area contributed by atoms with Crippen LogP contribution in [0.4, 0.5) is 0 Å². The second-order valence-electron chi connectivity index (χ2n) is 11.6. The van der Waals surface area contributed by atoms with Gasteiger partial charge in [-0.05, 0) is 60.4 Å². The minimum atomic E-state index is -0.461. The molecule has 4 aromatic rings. The molecular formula is C35H38N4O6. The summed E-state index contributed by atoms with van der Waals surface area (Å²) in [7, 11) is 1.54. The second-order valence-corrected chi connectivity index (χ2v) is 11.6. The summed E-state index contributed by atoms with van der Waals surface area (Å²) < 4.78 is 17.7. The van der Waals surface area contributed by atoms with Crippen LogP contribution in [0, 0.1) is 6.92 Å². The summed E-state index contributed by atoms with van der Waals surface area (Å²) in [6.07, 6.45) is 1.30. The van der Waals surface area contributed by atoms with E-state index in [0.29, 0.717) is 56.1 Å². The maximum atomic E-state index is 13.6. The van der Waals surface area contributed by atoms with Crippen molar-refractivity contribution < 1.29 is 28.6 Å². The Bertz CT molecular complexity index is 1700. The topological polar surface area (TPSA) is 122 Å². The number of nitrogens with zero attached hydrogens (tertiary/aromatic N) is 1. The fourth-order valence-corrected chi connectivity index (χ4v) is 6.05. The molecule has 2 atom stereocenters. The van der Waals surface area contributed by atoms with Gasteiger partial charge >= 0.3 is 0 Å². The number of carbonyl (C=O) groups excluding carboxylic acids is 3. The molecule has 9 rings (SSSR count). The maximum absolute atomic E-state index is 13.6. The van der Waals surface area contributed by atoms with Crippen molar-refractivity contribution >= 4 is 28.6 Å². The number of rotatable bonds is 3. The molecule has 6 heterocycles. The third-order valence-corrected chi connectivity index (χ3v) is 8.53. The molecule has 3 N–H and O–H groups in total. The number of aromatic nitrogens is 1. The number of amides is 3. The number of nitrogens with one attached hydrogen (secondary N) is 3. The minimum Gasteiger partial charge on any atom is -0.493 e. The van der Waals surface area contributed by atoms with Crippen LogP contribution in [-0.4, -0.2) is 66.6 Å². The summed E-state index contributed by atoms with van der Waals surface area (Å²) in [5.41, 5.74) is 4.84. The number of likely N-dealkylation sites (tertiary alicyclic amines) is 1. The van der Waals surface area contributed by atoms with Gasteiger partial charge in [0.1, 0.15) is 11.9 Å². The number of aromatic amines is 1. The van der Waals surface area contributed by atoms with E-state index in [1.165, 1.54) is 7.11 Å². The van der Waals surface area contributed by atoms with Gasteiger partial charge in [-0.3, -0.25) is 14.4 Å². The predicted molar refractivity (Wildman–Crippen MR) is 169 cm³/mol. The van der Waals surface area contributed by atoms with E-state index in [2.05, 4.69) is 15.6 Å². The van der Waals surface area contributed by atoms with Crippen LogP contribution < -0.4 is 24.8 Å². The summed E-state index contributed by atoms with van der Waals surface area (Å²) in [5.74, 6) is 1.18. The number of benzene rings is 3. The number of piperidine rings is 1. The third-order valence-electron chi connectivity index (χ3n) is 8.53. The molecule has 10 heteroatoms. The molecule has 5 aliphatic rings. The highest BCUT2D eigenvalue weighted by atomic mass is 16.5. The molecular weight excluding hydrogens is 572 g/mol. The molecule has 1 fully saturated rings. The van der Waals surface area contributed by atoms with Crippen molar-refractivity contribution in [3.05, 3.63) is 89.1 Å². The van der Waals surface area contributed by atoms with Crippen molar-refractivity contribution in [3.8, 4) is 17.2 Å². The Balaban J connectivity index is 1.21. The van der Waals surface area contributed by atoms with E-state index >= 15 is 0 Å². The van der Waals surface area contributed by atoms with Gasteiger partial charge in [-0.2, -0.15) is 0 Å². The van der Waals surface area contributed by atoms with Gasteiger partial charge in [0.15, 0.2) is 18.1 Å². The summed E-state index contributed by atoms with van der Waals surface area (Å²) in [6.45, 7) is 2.96. The first-order valence-electron chi connectivity index (χ1n) is 15.3. The number of hydrogen-bond donors (Lipinski definition) is 3. The van der Waals surface area contributed by atoms with E-state index in [1.54, 1.807) is 11.0 Å². The number of para-hydroxylation sites is 1. The van der Waals surface area contributed by atoms with Crippen LogP contribution in [0.1, 0.15) is 35.2 Å². The van der Waals surface area contributed by atoms with Crippen LogP contribution >= 0.6 is 0 Å². The van der Waals surface area contributed by atoms with Gasteiger partial charge in [0, 0.05) is 49.1 Å². The smallest absolute Gasteiger partial charge is 0.258 e. The summed E-state index contributed by atoms with van der Waals surface area (Å²) in [6, 6.07) is 20.5. The first-order chi connectivity index (χ1) is 21.9. The Morgan fingerprint density at radius 2 is 1.80 bits per heavy atom. The van der Waals surface area contributed by atoms with Crippen LogP contribution in [0.15, 0.2) is 66.7 Å². The number of ether oxygens (including phenoxy) is 3. The quantitative estimate of drug-likeness (QED) is 0.324. The number of carbonyl (C=O) groups is 3. The zero-order valence-corrected chi connectivity index (χ0v) is 25.6. The Morgan fingerprint density at radius 1 is 1.00 bits per heavy atom. The van der Waals surface area contributed by atoms with Crippen molar-refractivity contribution in [2.45, 2.75) is 51.3 Å². The fraction of sp³-hybridized carbons (Fsp3) is 0.343. The van der Waals surface area contributed by atoms with Crippen molar-refractivity contribution in [1.82, 2.24) is 20.5 Å². The molecule has 0 aliphatic carbocycles. The molecule has 3 amide bonds. The molecule has 234 valence electrons. The lowest BCUT2D eigenvalue weighted by molar-refractivity contribution is -0.135. The van der Waals surface area contributed by atoms with Gasteiger partial charge in [-0.25, -0.2) is 0 Å². The van der Waals surface area contributed by atoms with Gasteiger partial charge in [0.05, 0.1) is 19.6 Å². The first-order valence-corrected chi connectivity index (χ1v) is 15.3. The summed E-state index contributed by atoms with van der Waals surface area (Å²) in [5, 5.41) is 7.09. The molecule has 1 aromatic heterocycles. The monoisotopic (exact) mass is 610 g/mol. The van der Waals surface area contributed by atoms with Crippen LogP contribution in [0.25, 0.3) is 10.9 Å². The number of methoxy groups -OCH3 is 1. The van der Waals surface area contributed by atoms with Crippen LogP contribution in [-0.2, 0) is 33.8 Å². The van der Waals surface area contributed by atoms with Crippen LogP contribution in [0.5, 0.6) is 17.2 Å². The Hall–Kier alpha value is -4.99. The van der Waals surface area contributed by atoms with Crippen molar-refractivity contribution in [2.75, 3.05) is 26.8 Å². The molecule has 0 unspecified atom stereocenters. The average Bonchev–Trinajstić information content (AvgIpc) is 3.37. The van der Waals surface area contributed by atoms with E-state index in [-0.39, 0.29) is 36.9 Å². The molecule has 4 bridgehead atoms. The highest BCUT2D eigenvalue weighted by Crippen LogP contribution is 2.29. The SMILES string of the molecule is COc1cc2ccc1OCC(=O)N[C@@H]1CN(C(=O)Cc3c(C)[nH]c4ccccc34)CC[C@H]1Oc1ccc(cc1)CNC(=O)CC2. The highest BCUT2D eigenvalue weighted by Gasteiger charge is 2.34. The van der Waals surface area contributed by atoms with E-state index in [1.807, 2.05) is 67.6 Å². The van der Waals surface area contributed by atoms with E-state index in [0.717, 1.165) is 33.3 Å². The van der Waals surface area contributed by atoms with Crippen molar-refractivity contribution in [1.29, 1.82) is 0 Å². The zero-order valence-electron chi connectivity index (χ0n) is 25.6. The van der Waals surface area contributed by atoms with Crippen molar-refractivity contribution in [3.63, 3.8) is 0 Å². The van der Waals surface area contributed by atoms with Crippen LogP contribution in [0.3, 0.4) is 0 Å².